The first-order chi connectivity index (χ1) is 8.11. The molecule has 1 fully saturated rings. The Morgan fingerprint density at radius 1 is 1.47 bits per heavy atom. The molecule has 1 aromatic rings. The lowest BCUT2D eigenvalue weighted by Gasteiger charge is -2.18. The van der Waals surface area contributed by atoms with Gasteiger partial charge in [-0.15, -0.1) is 0 Å². The molecule has 92 valence electrons. The van der Waals surface area contributed by atoms with Crippen molar-refractivity contribution < 1.29 is 4.79 Å². The third kappa shape index (κ3) is 2.50. The van der Waals surface area contributed by atoms with Crippen LogP contribution < -0.4 is 5.73 Å². The Labute approximate surface area is 103 Å². The predicted molar refractivity (Wildman–Crippen MR) is 69.0 cm³/mol. The van der Waals surface area contributed by atoms with Gasteiger partial charge in [-0.25, -0.2) is 0 Å². The van der Waals surface area contributed by atoms with Crippen molar-refractivity contribution in [2.75, 3.05) is 19.6 Å². The van der Waals surface area contributed by atoms with E-state index in [1.807, 2.05) is 36.9 Å². The Bertz CT molecular complexity index is 428. The van der Waals surface area contributed by atoms with Crippen LogP contribution in [0.3, 0.4) is 0 Å². The first kappa shape index (κ1) is 12.1. The van der Waals surface area contributed by atoms with Crippen LogP contribution in [0.4, 0.5) is 0 Å². The van der Waals surface area contributed by atoms with Gasteiger partial charge in [0.05, 0.1) is 0 Å². The summed E-state index contributed by atoms with van der Waals surface area (Å²) in [6, 6.07) is 6.03. The summed E-state index contributed by atoms with van der Waals surface area (Å²) in [4.78, 5) is 14.3. The maximum Gasteiger partial charge on any atom is 0.254 e. The van der Waals surface area contributed by atoms with E-state index >= 15 is 0 Å². The van der Waals surface area contributed by atoms with Gasteiger partial charge in [0.15, 0.2) is 0 Å². The molecule has 0 bridgehead atoms. The van der Waals surface area contributed by atoms with E-state index in [1.165, 1.54) is 0 Å². The molecule has 1 heterocycles. The van der Waals surface area contributed by atoms with E-state index in [-0.39, 0.29) is 5.91 Å². The number of rotatable bonds is 2. The zero-order valence-electron chi connectivity index (χ0n) is 10.6. The molecule has 0 radical (unpaired) electrons. The van der Waals surface area contributed by atoms with E-state index in [1.54, 1.807) is 0 Å². The molecule has 0 unspecified atom stereocenters. The summed E-state index contributed by atoms with van der Waals surface area (Å²) >= 11 is 0. The minimum Gasteiger partial charge on any atom is -0.338 e. The van der Waals surface area contributed by atoms with Crippen LogP contribution in [-0.2, 0) is 0 Å². The minimum absolute atomic E-state index is 0.155. The fourth-order valence-electron chi connectivity index (χ4n) is 2.35. The van der Waals surface area contributed by atoms with Crippen LogP contribution in [0.15, 0.2) is 18.2 Å². The molecule has 0 saturated carbocycles. The van der Waals surface area contributed by atoms with Gasteiger partial charge in [0.1, 0.15) is 0 Å². The topological polar surface area (TPSA) is 46.3 Å². The van der Waals surface area contributed by atoms with Crippen molar-refractivity contribution in [1.82, 2.24) is 4.90 Å². The van der Waals surface area contributed by atoms with Crippen LogP contribution in [0.2, 0.25) is 0 Å². The van der Waals surface area contributed by atoms with Crippen molar-refractivity contribution >= 4 is 5.91 Å². The molecule has 1 aliphatic heterocycles. The van der Waals surface area contributed by atoms with Crippen LogP contribution in [0.5, 0.6) is 0 Å². The van der Waals surface area contributed by atoms with Gasteiger partial charge < -0.3 is 10.6 Å². The second-order valence-electron chi connectivity index (χ2n) is 4.96. The second kappa shape index (κ2) is 4.88. The van der Waals surface area contributed by atoms with Crippen LogP contribution in [0.25, 0.3) is 0 Å². The van der Waals surface area contributed by atoms with Crippen molar-refractivity contribution in [2.24, 2.45) is 11.7 Å². The van der Waals surface area contributed by atoms with E-state index in [4.69, 9.17) is 5.73 Å². The number of amides is 1. The van der Waals surface area contributed by atoms with Gasteiger partial charge in [0.2, 0.25) is 0 Å². The summed E-state index contributed by atoms with van der Waals surface area (Å²) < 4.78 is 0. The number of carbonyl (C=O) groups excluding carboxylic acids is 1. The third-order valence-electron chi connectivity index (χ3n) is 3.53. The third-order valence-corrected chi connectivity index (χ3v) is 3.53. The largest absolute Gasteiger partial charge is 0.338 e. The molecule has 1 saturated heterocycles. The van der Waals surface area contributed by atoms with Crippen molar-refractivity contribution in [3.05, 3.63) is 34.9 Å². The fourth-order valence-corrected chi connectivity index (χ4v) is 2.35. The number of hydrogen-bond donors (Lipinski definition) is 1. The highest BCUT2D eigenvalue weighted by molar-refractivity contribution is 5.96. The quantitative estimate of drug-likeness (QED) is 0.844. The molecule has 0 aromatic heterocycles. The SMILES string of the molecule is Cc1ccc(C)c(C(=O)N2CC[C@@H](CN)C2)c1. The molecule has 1 aromatic carbocycles. The number of hydrogen-bond acceptors (Lipinski definition) is 2. The van der Waals surface area contributed by atoms with Gasteiger partial charge in [-0.3, -0.25) is 4.79 Å². The van der Waals surface area contributed by atoms with Crippen molar-refractivity contribution in [2.45, 2.75) is 20.3 Å². The average Bonchev–Trinajstić information content (AvgIpc) is 2.80. The monoisotopic (exact) mass is 232 g/mol. The normalized spacial score (nSPS) is 19.7. The molecular weight excluding hydrogens is 212 g/mol. The van der Waals surface area contributed by atoms with Gasteiger partial charge >= 0.3 is 0 Å². The molecule has 2 N–H and O–H groups in total. The summed E-state index contributed by atoms with van der Waals surface area (Å²) in [6.07, 6.45) is 1.03. The predicted octanol–water partition coefficient (Wildman–Crippen LogP) is 1.72. The molecule has 0 aliphatic carbocycles. The molecule has 0 spiro atoms. The number of aryl methyl sites for hydroxylation is 2. The number of nitrogens with zero attached hydrogens (tertiary/aromatic N) is 1. The standard InChI is InChI=1S/C14H20N2O/c1-10-3-4-11(2)13(7-10)14(17)16-6-5-12(8-15)9-16/h3-4,7,12H,5-6,8-9,15H2,1-2H3/t12-/m0/s1. The van der Waals surface area contributed by atoms with Crippen LogP contribution >= 0.6 is 0 Å². The molecule has 3 heteroatoms. The van der Waals surface area contributed by atoms with E-state index in [0.29, 0.717) is 12.5 Å². The van der Waals surface area contributed by atoms with E-state index < -0.39 is 0 Å². The van der Waals surface area contributed by atoms with Crippen molar-refractivity contribution in [3.8, 4) is 0 Å². The molecule has 1 amide bonds. The molecule has 17 heavy (non-hydrogen) atoms. The minimum atomic E-state index is 0.155. The molecule has 3 nitrogen and oxygen atoms in total. The molecule has 1 atom stereocenters. The lowest BCUT2D eigenvalue weighted by atomic mass is 10.0. The number of likely N-dealkylation sites (tertiary alicyclic amines) is 1. The maximum atomic E-state index is 12.4. The Hall–Kier alpha value is -1.35. The number of benzene rings is 1. The van der Waals surface area contributed by atoms with E-state index in [2.05, 4.69) is 0 Å². The average molecular weight is 232 g/mol. The maximum absolute atomic E-state index is 12.4. The molecule has 2 rings (SSSR count). The summed E-state index contributed by atoms with van der Waals surface area (Å²) in [5.41, 5.74) is 8.67. The Morgan fingerprint density at radius 2 is 2.24 bits per heavy atom. The van der Waals surface area contributed by atoms with Gasteiger partial charge in [-0.1, -0.05) is 17.7 Å². The van der Waals surface area contributed by atoms with Crippen molar-refractivity contribution in [1.29, 1.82) is 0 Å². The molecule has 1 aliphatic rings. The Morgan fingerprint density at radius 3 is 2.88 bits per heavy atom. The van der Waals surface area contributed by atoms with Crippen LogP contribution in [-0.4, -0.2) is 30.4 Å². The van der Waals surface area contributed by atoms with Crippen molar-refractivity contribution in [3.63, 3.8) is 0 Å². The van der Waals surface area contributed by atoms with Gasteiger partial charge in [-0.05, 0) is 44.4 Å². The first-order valence-electron chi connectivity index (χ1n) is 6.18. The highest BCUT2D eigenvalue weighted by Gasteiger charge is 2.26. The second-order valence-corrected chi connectivity index (χ2v) is 4.96. The summed E-state index contributed by atoms with van der Waals surface area (Å²) in [5, 5.41) is 0. The number of carbonyl (C=O) groups is 1. The first-order valence-corrected chi connectivity index (χ1v) is 6.18. The lowest BCUT2D eigenvalue weighted by molar-refractivity contribution is 0.0787. The smallest absolute Gasteiger partial charge is 0.254 e. The van der Waals surface area contributed by atoms with E-state index in [0.717, 1.165) is 36.2 Å². The number of nitrogens with two attached hydrogens (primary N) is 1. The summed E-state index contributed by atoms with van der Waals surface area (Å²) in [7, 11) is 0. The van der Waals surface area contributed by atoms with Crippen LogP contribution in [0, 0.1) is 19.8 Å². The lowest BCUT2D eigenvalue weighted by Crippen LogP contribution is -2.30. The van der Waals surface area contributed by atoms with Gasteiger partial charge in [0.25, 0.3) is 5.91 Å². The zero-order valence-corrected chi connectivity index (χ0v) is 10.6. The highest BCUT2D eigenvalue weighted by atomic mass is 16.2. The summed E-state index contributed by atoms with van der Waals surface area (Å²) in [6.45, 7) is 6.33. The van der Waals surface area contributed by atoms with Gasteiger partial charge in [-0.2, -0.15) is 0 Å². The molecular formula is C14H20N2O. The Kier molecular flexibility index (Phi) is 3.48. The van der Waals surface area contributed by atoms with E-state index in [9.17, 15) is 4.79 Å². The van der Waals surface area contributed by atoms with Gasteiger partial charge in [0, 0.05) is 18.7 Å². The Balaban J connectivity index is 2.17. The zero-order chi connectivity index (χ0) is 12.4. The van der Waals surface area contributed by atoms with Crippen LogP contribution in [0.1, 0.15) is 27.9 Å². The summed E-state index contributed by atoms with van der Waals surface area (Å²) in [5.74, 6) is 0.631. The highest BCUT2D eigenvalue weighted by Crippen LogP contribution is 2.20. The fraction of sp³-hybridized carbons (Fsp3) is 0.500.